The van der Waals surface area contributed by atoms with E-state index in [1.54, 1.807) is 0 Å². The molecule has 10 nitrogen and oxygen atoms in total. The Bertz CT molecular complexity index is 1190. The summed E-state index contributed by atoms with van der Waals surface area (Å²) in [4.78, 5) is 25.4. The molecule has 0 saturated carbocycles. The van der Waals surface area contributed by atoms with Gasteiger partial charge in [-0.15, -0.1) is 0 Å². The predicted molar refractivity (Wildman–Crippen MR) is 251 cm³/mol. The molecule has 1 heterocycles. The summed E-state index contributed by atoms with van der Waals surface area (Å²) < 4.78 is 22.2. The zero-order valence-electron chi connectivity index (χ0n) is 39.1. The number of hydrogen-bond acceptors (Lipinski definition) is 10. The molecule has 6 atom stereocenters. The molecule has 1 aliphatic heterocycles. The van der Waals surface area contributed by atoms with Gasteiger partial charge in [0.25, 0.3) is 0 Å². The third kappa shape index (κ3) is 33.0. The van der Waals surface area contributed by atoms with Crippen molar-refractivity contribution in [3.63, 3.8) is 0 Å². The highest BCUT2D eigenvalue weighted by atomic mass is 16.7. The molecule has 0 aromatic carbocycles. The van der Waals surface area contributed by atoms with Crippen molar-refractivity contribution in [3.8, 4) is 0 Å². The van der Waals surface area contributed by atoms with Crippen LogP contribution in [0.2, 0.25) is 0 Å². The molecule has 4 N–H and O–H groups in total. The van der Waals surface area contributed by atoms with E-state index >= 15 is 0 Å². The van der Waals surface area contributed by atoms with Gasteiger partial charge in [0.15, 0.2) is 12.4 Å². The summed E-state index contributed by atoms with van der Waals surface area (Å²) in [6.07, 6.45) is 45.1. The number of rotatable bonds is 41. The highest BCUT2D eigenvalue weighted by molar-refractivity contribution is 5.70. The molecule has 6 unspecified atom stereocenters. The van der Waals surface area contributed by atoms with Crippen molar-refractivity contribution in [1.29, 1.82) is 0 Å². The van der Waals surface area contributed by atoms with Crippen molar-refractivity contribution < 1.29 is 49.0 Å². The Morgan fingerprint density at radius 1 is 0.516 bits per heavy atom. The lowest BCUT2D eigenvalue weighted by atomic mass is 9.99. The van der Waals surface area contributed by atoms with Crippen LogP contribution in [0.4, 0.5) is 0 Å². The van der Waals surface area contributed by atoms with Gasteiger partial charge >= 0.3 is 11.9 Å². The van der Waals surface area contributed by atoms with Gasteiger partial charge in [-0.2, -0.15) is 0 Å². The molecule has 0 spiro atoms. The van der Waals surface area contributed by atoms with Crippen LogP contribution in [-0.4, -0.2) is 89.0 Å². The number of carbonyl (C=O) groups is 2. The van der Waals surface area contributed by atoms with Crippen molar-refractivity contribution in [1.82, 2.24) is 0 Å². The predicted octanol–water partition coefficient (Wildman–Crippen LogP) is 11.4. The van der Waals surface area contributed by atoms with Gasteiger partial charge < -0.3 is 39.4 Å². The van der Waals surface area contributed by atoms with Crippen molar-refractivity contribution in [2.75, 3.05) is 19.8 Å². The lowest BCUT2D eigenvalue weighted by molar-refractivity contribution is -0.305. The minimum atomic E-state index is -1.60. The molecular weight excluding hydrogens is 785 g/mol. The standard InChI is InChI=1S/C52H90O10/c1-3-5-7-9-11-13-15-17-19-20-21-22-23-24-25-26-27-29-31-33-35-37-39-41-48(55)61-45(44-60-52-51(58)50(57)49(56)46(42-53)62-52)43-59-47(54)40-38-36-34-32-30-28-18-16-14-12-10-8-6-4-2/h5,7,11,13,16-19,21-22,45-46,49-53,56-58H,3-4,6,8-10,12,14-15,20,23-44H2,1-2H3/b7-5-,13-11-,18-16-,19-17-,22-21-. The van der Waals surface area contributed by atoms with Crippen molar-refractivity contribution in [3.05, 3.63) is 60.8 Å². The Balaban J connectivity index is 2.27. The third-order valence-corrected chi connectivity index (χ3v) is 11.1. The van der Waals surface area contributed by atoms with Gasteiger partial charge in [-0.25, -0.2) is 0 Å². The summed E-state index contributed by atoms with van der Waals surface area (Å²) in [6, 6.07) is 0. The highest BCUT2D eigenvalue weighted by Gasteiger charge is 2.44. The topological polar surface area (TPSA) is 152 Å². The quantitative estimate of drug-likeness (QED) is 0.0265. The molecule has 0 radical (unpaired) electrons. The van der Waals surface area contributed by atoms with Crippen LogP contribution in [0.5, 0.6) is 0 Å². The normalized spacial score (nSPS) is 20.1. The van der Waals surface area contributed by atoms with Crippen molar-refractivity contribution in [2.45, 2.75) is 237 Å². The average molecular weight is 875 g/mol. The molecule has 0 bridgehead atoms. The van der Waals surface area contributed by atoms with Gasteiger partial charge in [0.1, 0.15) is 31.0 Å². The maximum Gasteiger partial charge on any atom is 0.306 e. The van der Waals surface area contributed by atoms with E-state index in [-0.39, 0.29) is 32.0 Å². The second-order valence-corrected chi connectivity index (χ2v) is 16.9. The van der Waals surface area contributed by atoms with Crippen LogP contribution in [0, 0.1) is 0 Å². The first-order chi connectivity index (χ1) is 30.3. The SMILES string of the molecule is CC/C=C\C/C=C\C/C=C\C/C=C\CCCCCCCCCCCCC(=O)OC(COC(=O)CCCCCCC/C=C\CCCCCCC)COC1OC(CO)C(O)C(O)C1O. The zero-order chi connectivity index (χ0) is 45.1. The first-order valence-electron chi connectivity index (χ1n) is 24.9. The summed E-state index contributed by atoms with van der Waals surface area (Å²) in [5.74, 6) is -0.821. The molecular formula is C52H90O10. The van der Waals surface area contributed by atoms with Gasteiger partial charge in [-0.05, 0) is 77.0 Å². The highest BCUT2D eigenvalue weighted by Crippen LogP contribution is 2.23. The van der Waals surface area contributed by atoms with Crippen LogP contribution in [0.3, 0.4) is 0 Å². The number of hydrogen-bond donors (Lipinski definition) is 4. The molecule has 0 aliphatic carbocycles. The Morgan fingerprint density at radius 3 is 1.45 bits per heavy atom. The van der Waals surface area contributed by atoms with Crippen LogP contribution >= 0.6 is 0 Å². The van der Waals surface area contributed by atoms with Crippen LogP contribution in [0.15, 0.2) is 60.8 Å². The van der Waals surface area contributed by atoms with E-state index in [0.717, 1.165) is 83.5 Å². The smallest absolute Gasteiger partial charge is 0.306 e. The van der Waals surface area contributed by atoms with Crippen molar-refractivity contribution >= 4 is 11.9 Å². The Kier molecular flexibility index (Phi) is 39.2. The van der Waals surface area contributed by atoms with E-state index in [2.05, 4.69) is 74.6 Å². The fourth-order valence-corrected chi connectivity index (χ4v) is 7.23. The Morgan fingerprint density at radius 2 is 0.952 bits per heavy atom. The fraction of sp³-hybridized carbons (Fsp3) is 0.769. The summed E-state index contributed by atoms with van der Waals surface area (Å²) in [5, 5.41) is 40.2. The summed E-state index contributed by atoms with van der Waals surface area (Å²) >= 11 is 0. The van der Waals surface area contributed by atoms with Gasteiger partial charge in [0, 0.05) is 12.8 Å². The summed E-state index contributed by atoms with van der Waals surface area (Å²) in [6.45, 7) is 3.30. The second kappa shape index (κ2) is 42.4. The molecule has 1 fully saturated rings. The average Bonchev–Trinajstić information content (AvgIpc) is 3.27. The van der Waals surface area contributed by atoms with Gasteiger partial charge in [-0.3, -0.25) is 9.59 Å². The molecule has 0 aromatic rings. The van der Waals surface area contributed by atoms with Gasteiger partial charge in [-0.1, -0.05) is 171 Å². The van der Waals surface area contributed by atoms with Crippen molar-refractivity contribution in [2.24, 2.45) is 0 Å². The summed E-state index contributed by atoms with van der Waals surface area (Å²) in [7, 11) is 0. The number of ether oxygens (including phenoxy) is 4. The number of aliphatic hydroxyl groups excluding tert-OH is 4. The van der Waals surface area contributed by atoms with E-state index in [0.29, 0.717) is 12.8 Å². The first kappa shape index (κ1) is 57.4. The zero-order valence-corrected chi connectivity index (χ0v) is 39.1. The van der Waals surface area contributed by atoms with Gasteiger partial charge in [0.05, 0.1) is 13.2 Å². The number of allylic oxidation sites excluding steroid dienone is 10. The molecule has 0 amide bonds. The maximum absolute atomic E-state index is 12.8. The minimum absolute atomic E-state index is 0.221. The number of aliphatic hydroxyl groups is 4. The monoisotopic (exact) mass is 875 g/mol. The largest absolute Gasteiger partial charge is 0.462 e. The second-order valence-electron chi connectivity index (χ2n) is 16.9. The fourth-order valence-electron chi connectivity index (χ4n) is 7.23. The summed E-state index contributed by atoms with van der Waals surface area (Å²) in [5.41, 5.74) is 0. The maximum atomic E-state index is 12.8. The number of carbonyl (C=O) groups excluding carboxylic acids is 2. The lowest BCUT2D eigenvalue weighted by Gasteiger charge is -2.39. The number of unbranched alkanes of at least 4 members (excludes halogenated alkanes) is 20. The minimum Gasteiger partial charge on any atom is -0.462 e. The molecule has 0 aromatic heterocycles. The van der Waals surface area contributed by atoms with E-state index in [4.69, 9.17) is 18.9 Å². The third-order valence-electron chi connectivity index (χ3n) is 11.1. The molecule has 62 heavy (non-hydrogen) atoms. The van der Waals surface area contributed by atoms with Gasteiger partial charge in [0.2, 0.25) is 0 Å². The van der Waals surface area contributed by atoms with E-state index in [1.165, 1.54) is 77.0 Å². The molecule has 358 valence electrons. The first-order valence-corrected chi connectivity index (χ1v) is 24.9. The molecule has 1 saturated heterocycles. The Hall–Kier alpha value is -2.60. The van der Waals surface area contributed by atoms with Crippen LogP contribution in [-0.2, 0) is 28.5 Å². The van der Waals surface area contributed by atoms with Crippen LogP contribution < -0.4 is 0 Å². The van der Waals surface area contributed by atoms with Crippen LogP contribution in [0.25, 0.3) is 0 Å². The molecule has 1 rings (SSSR count). The molecule has 1 aliphatic rings. The number of esters is 2. The van der Waals surface area contributed by atoms with E-state index < -0.39 is 49.4 Å². The van der Waals surface area contributed by atoms with E-state index in [1.807, 2.05) is 0 Å². The van der Waals surface area contributed by atoms with Crippen LogP contribution in [0.1, 0.15) is 200 Å². The van der Waals surface area contributed by atoms with E-state index in [9.17, 15) is 30.0 Å². The molecule has 10 heteroatoms. The lowest BCUT2D eigenvalue weighted by Crippen LogP contribution is -2.59. The Labute approximate surface area is 377 Å².